The Balaban J connectivity index is 1.10. The Labute approximate surface area is 254 Å². The number of allylic oxidation sites excluding steroid dienone is 1. The molecule has 3 saturated carbocycles. The first-order valence-corrected chi connectivity index (χ1v) is 15.6. The lowest BCUT2D eigenvalue weighted by molar-refractivity contribution is -0.127. The minimum absolute atomic E-state index is 0.0832. The lowest BCUT2D eigenvalue weighted by Crippen LogP contribution is -2.51. The molecular formula is C35H42N4O4. The number of nitrogens with zero attached hydrogens (tertiary/aromatic N) is 2. The van der Waals surface area contributed by atoms with Crippen LogP contribution in [0.1, 0.15) is 83.3 Å². The van der Waals surface area contributed by atoms with Crippen molar-refractivity contribution in [3.8, 4) is 12.1 Å². The number of hydrogen-bond acceptors (Lipinski definition) is 6. The van der Waals surface area contributed by atoms with Gasteiger partial charge >= 0.3 is 6.09 Å². The Hall–Kier alpha value is -3.91. The van der Waals surface area contributed by atoms with Crippen LogP contribution in [0.15, 0.2) is 41.5 Å². The summed E-state index contributed by atoms with van der Waals surface area (Å²) < 4.78 is 5.79. The van der Waals surface area contributed by atoms with E-state index in [1.54, 1.807) is 31.2 Å². The van der Waals surface area contributed by atoms with Gasteiger partial charge in [0.25, 0.3) is 5.91 Å². The maximum atomic E-state index is 12.6. The summed E-state index contributed by atoms with van der Waals surface area (Å²) in [5.41, 5.74) is 2.63. The van der Waals surface area contributed by atoms with Gasteiger partial charge in [0.05, 0.1) is 11.6 Å². The minimum atomic E-state index is -0.549. The van der Waals surface area contributed by atoms with Gasteiger partial charge in [-0.1, -0.05) is 37.6 Å². The maximum Gasteiger partial charge on any atom is 0.407 e. The number of alkyl carbamates (subject to hydrolysis) is 1. The first-order chi connectivity index (χ1) is 20.6. The molecule has 0 aliphatic heterocycles. The number of amides is 2. The maximum absolute atomic E-state index is 12.6. The van der Waals surface area contributed by atoms with Gasteiger partial charge in [0.15, 0.2) is 0 Å². The summed E-state index contributed by atoms with van der Waals surface area (Å²) in [6.45, 7) is 6.89. The van der Waals surface area contributed by atoms with Crippen LogP contribution in [0, 0.1) is 57.2 Å². The van der Waals surface area contributed by atoms with Crippen LogP contribution in [0.2, 0.25) is 0 Å². The zero-order valence-corrected chi connectivity index (χ0v) is 25.4. The molecule has 43 heavy (non-hydrogen) atoms. The van der Waals surface area contributed by atoms with Gasteiger partial charge in [0, 0.05) is 25.4 Å². The summed E-state index contributed by atoms with van der Waals surface area (Å²) in [6.07, 6.45) is 11.3. The fourth-order valence-electron chi connectivity index (χ4n) is 9.04. The number of carbonyl (C=O) groups is 3. The van der Waals surface area contributed by atoms with Crippen LogP contribution in [0.3, 0.4) is 0 Å². The van der Waals surface area contributed by atoms with E-state index >= 15 is 0 Å². The average Bonchev–Trinajstić information content (AvgIpc) is 3.36. The molecular weight excluding hydrogens is 540 g/mol. The lowest BCUT2D eigenvalue weighted by Gasteiger charge is -2.58. The van der Waals surface area contributed by atoms with Crippen molar-refractivity contribution in [2.45, 2.75) is 78.2 Å². The van der Waals surface area contributed by atoms with E-state index in [0.29, 0.717) is 34.7 Å². The van der Waals surface area contributed by atoms with E-state index in [1.807, 2.05) is 12.1 Å². The van der Waals surface area contributed by atoms with Crippen molar-refractivity contribution in [1.29, 1.82) is 10.5 Å². The van der Waals surface area contributed by atoms with Crippen LogP contribution in [0.5, 0.6) is 0 Å². The zero-order valence-electron chi connectivity index (χ0n) is 25.4. The van der Waals surface area contributed by atoms with Gasteiger partial charge in [-0.15, -0.1) is 0 Å². The van der Waals surface area contributed by atoms with E-state index in [2.05, 4.69) is 30.6 Å². The lowest BCUT2D eigenvalue weighted by atomic mass is 9.47. The number of nitrogens with one attached hydrogen (secondary N) is 2. The SMILES string of the molecule is CC(=O)[C@H]1CC[C@H]2[C@@H]3CC=C4C[C@@H](OC(=O)NCCNC(=O)/C(C#N)=C/c5cccc(C#N)c5)CC[C@]4(C)[C@H]3CC[C@]12C. The van der Waals surface area contributed by atoms with Gasteiger partial charge in [0.1, 0.15) is 23.5 Å². The van der Waals surface area contributed by atoms with Crippen molar-refractivity contribution in [2.75, 3.05) is 13.1 Å². The van der Waals surface area contributed by atoms with Crippen LogP contribution in [0.25, 0.3) is 6.08 Å². The van der Waals surface area contributed by atoms with Crippen LogP contribution in [-0.4, -0.2) is 37.0 Å². The molecule has 0 saturated heterocycles. The highest BCUT2D eigenvalue weighted by Crippen LogP contribution is 2.66. The molecule has 7 atom stereocenters. The Morgan fingerprint density at radius 2 is 1.84 bits per heavy atom. The van der Waals surface area contributed by atoms with Crippen molar-refractivity contribution >= 4 is 23.9 Å². The monoisotopic (exact) mass is 582 g/mol. The van der Waals surface area contributed by atoms with E-state index < -0.39 is 12.0 Å². The van der Waals surface area contributed by atoms with E-state index in [-0.39, 0.29) is 41.5 Å². The number of carbonyl (C=O) groups excluding carboxylic acids is 3. The molecule has 0 bridgehead atoms. The summed E-state index contributed by atoms with van der Waals surface area (Å²) in [4.78, 5) is 37.4. The highest BCUT2D eigenvalue weighted by molar-refractivity contribution is 6.01. The van der Waals surface area contributed by atoms with Crippen molar-refractivity contribution in [1.82, 2.24) is 10.6 Å². The number of fused-ring (bicyclic) bond motifs is 5. The van der Waals surface area contributed by atoms with Gasteiger partial charge in [0.2, 0.25) is 0 Å². The molecule has 0 heterocycles. The number of benzene rings is 1. The van der Waals surface area contributed by atoms with Crippen molar-refractivity contribution in [3.05, 3.63) is 52.6 Å². The summed E-state index contributed by atoms with van der Waals surface area (Å²) in [5.74, 6) is 1.90. The number of Topliss-reactive ketones (excluding diaryl/α,β-unsaturated/α-hetero) is 1. The molecule has 0 radical (unpaired) electrons. The molecule has 0 aromatic heterocycles. The number of ether oxygens (including phenoxy) is 1. The number of hydrogen-bond donors (Lipinski definition) is 2. The predicted octanol–water partition coefficient (Wildman–Crippen LogP) is 5.84. The first-order valence-electron chi connectivity index (χ1n) is 15.6. The average molecular weight is 583 g/mol. The first kappa shape index (κ1) is 30.5. The highest BCUT2D eigenvalue weighted by Gasteiger charge is 2.59. The van der Waals surface area contributed by atoms with Gasteiger partial charge < -0.3 is 15.4 Å². The second-order valence-electron chi connectivity index (χ2n) is 13.4. The van der Waals surface area contributed by atoms with Crippen LogP contribution < -0.4 is 10.6 Å². The smallest absolute Gasteiger partial charge is 0.407 e. The molecule has 3 fully saturated rings. The normalized spacial score (nSPS) is 32.9. The van der Waals surface area contributed by atoms with Crippen LogP contribution in [-0.2, 0) is 14.3 Å². The summed E-state index contributed by atoms with van der Waals surface area (Å²) in [6, 6.07) is 10.6. The molecule has 5 rings (SSSR count). The number of ketones is 1. The van der Waals surface area contributed by atoms with E-state index in [9.17, 15) is 19.6 Å². The molecule has 0 spiro atoms. The van der Waals surface area contributed by atoms with E-state index in [4.69, 9.17) is 10.00 Å². The van der Waals surface area contributed by atoms with Gasteiger partial charge in [-0.25, -0.2) is 4.79 Å². The van der Waals surface area contributed by atoms with Gasteiger partial charge in [-0.3, -0.25) is 9.59 Å². The van der Waals surface area contributed by atoms with E-state index in [1.165, 1.54) is 18.1 Å². The third-order valence-corrected chi connectivity index (χ3v) is 11.2. The molecule has 226 valence electrons. The Morgan fingerprint density at radius 1 is 1.05 bits per heavy atom. The summed E-state index contributed by atoms with van der Waals surface area (Å²) in [5, 5.41) is 23.8. The van der Waals surface area contributed by atoms with Gasteiger partial charge in [-0.2, -0.15) is 10.5 Å². The number of rotatable bonds is 7. The number of nitriles is 2. The Morgan fingerprint density at radius 3 is 2.58 bits per heavy atom. The molecule has 2 N–H and O–H groups in total. The topological polar surface area (TPSA) is 132 Å². The zero-order chi connectivity index (χ0) is 30.8. The molecule has 8 nitrogen and oxygen atoms in total. The van der Waals surface area contributed by atoms with Crippen LogP contribution >= 0.6 is 0 Å². The Bertz CT molecular complexity index is 1430. The molecule has 0 unspecified atom stereocenters. The van der Waals surface area contributed by atoms with Crippen LogP contribution in [0.4, 0.5) is 4.79 Å². The summed E-state index contributed by atoms with van der Waals surface area (Å²) >= 11 is 0. The minimum Gasteiger partial charge on any atom is -0.446 e. The third-order valence-electron chi connectivity index (χ3n) is 11.2. The van der Waals surface area contributed by atoms with Crippen molar-refractivity contribution in [3.63, 3.8) is 0 Å². The molecule has 2 amide bonds. The molecule has 1 aromatic rings. The molecule has 4 aliphatic rings. The Kier molecular flexibility index (Phi) is 8.79. The second kappa shape index (κ2) is 12.4. The standard InChI is InChI=1S/C35H42N4O4/c1-22(40)29-9-10-30-28-8-7-26-19-27(11-13-34(26,2)31(28)12-14-35(29,30)3)43-33(42)39-16-15-38-32(41)25(21-37)18-23-5-4-6-24(17-23)20-36/h4-7,17-18,27-31H,8-16,19H2,1-3H3,(H,38,41)(H,39,42)/b25-18+/t27-,28-,29+,30-,31-,34-,35+/m0/s1. The molecule has 4 aliphatic carbocycles. The largest absolute Gasteiger partial charge is 0.446 e. The molecule has 8 heteroatoms. The van der Waals surface area contributed by atoms with Gasteiger partial charge in [-0.05, 0) is 104 Å². The quantitative estimate of drug-likeness (QED) is 0.180. The fraction of sp³-hybridized carbons (Fsp3) is 0.571. The highest BCUT2D eigenvalue weighted by atomic mass is 16.6. The molecule has 1 aromatic carbocycles. The van der Waals surface area contributed by atoms with Crippen molar-refractivity contribution in [2.24, 2.45) is 34.5 Å². The van der Waals surface area contributed by atoms with Crippen molar-refractivity contribution < 1.29 is 19.1 Å². The second-order valence-corrected chi connectivity index (χ2v) is 13.4. The van der Waals surface area contributed by atoms with E-state index in [0.717, 1.165) is 44.9 Å². The fourth-order valence-corrected chi connectivity index (χ4v) is 9.04. The predicted molar refractivity (Wildman–Crippen MR) is 162 cm³/mol. The summed E-state index contributed by atoms with van der Waals surface area (Å²) in [7, 11) is 0. The third kappa shape index (κ3) is 5.98.